The summed E-state index contributed by atoms with van der Waals surface area (Å²) in [5.41, 5.74) is 5.53. The number of nitrogens with two attached hydrogens (primary N) is 1. The molecule has 2 atom stereocenters. The zero-order chi connectivity index (χ0) is 13.6. The molecule has 0 aliphatic heterocycles. The number of hydrogen-bond donors (Lipinski definition) is 2. The number of halogens is 3. The molecule has 0 spiro atoms. The average molecular weight is 269 g/mol. The molecule has 3 nitrogen and oxygen atoms in total. The number of aliphatic hydroxyl groups excluding tert-OH is 1. The van der Waals surface area contributed by atoms with Crippen molar-refractivity contribution in [3.63, 3.8) is 0 Å². The second kappa shape index (κ2) is 6.73. The lowest BCUT2D eigenvalue weighted by molar-refractivity contribution is -0.138. The van der Waals surface area contributed by atoms with E-state index in [1.54, 1.807) is 0 Å². The Morgan fingerprint density at radius 2 is 2.06 bits per heavy atom. The molecule has 0 aromatic rings. The van der Waals surface area contributed by atoms with Gasteiger partial charge in [-0.3, -0.25) is 0 Å². The van der Waals surface area contributed by atoms with Crippen LogP contribution >= 0.6 is 0 Å². The summed E-state index contributed by atoms with van der Waals surface area (Å²) in [5.74, 6) is 0.213. The average Bonchev–Trinajstić information content (AvgIpc) is 2.65. The predicted molar refractivity (Wildman–Crippen MR) is 62.1 cm³/mol. The van der Waals surface area contributed by atoms with Gasteiger partial charge in [-0.25, -0.2) is 0 Å². The van der Waals surface area contributed by atoms with Gasteiger partial charge in [0.05, 0.1) is 6.61 Å². The summed E-state index contributed by atoms with van der Waals surface area (Å²) in [6.07, 6.45) is -1.42. The van der Waals surface area contributed by atoms with E-state index in [0.29, 0.717) is 13.0 Å². The molecule has 18 heavy (non-hydrogen) atoms. The molecule has 2 unspecified atom stereocenters. The highest BCUT2D eigenvalue weighted by atomic mass is 19.4. The lowest BCUT2D eigenvalue weighted by atomic mass is 9.87. The molecule has 1 fully saturated rings. The maximum atomic E-state index is 11.9. The molecule has 1 aliphatic rings. The van der Waals surface area contributed by atoms with Crippen molar-refractivity contribution in [3.8, 4) is 0 Å². The third-order valence-electron chi connectivity index (χ3n) is 3.66. The fourth-order valence-electron chi connectivity index (χ4n) is 2.51. The zero-order valence-electron chi connectivity index (χ0n) is 10.5. The van der Waals surface area contributed by atoms with Crippen LogP contribution in [-0.2, 0) is 4.74 Å². The third-order valence-corrected chi connectivity index (χ3v) is 3.66. The van der Waals surface area contributed by atoms with E-state index in [1.807, 2.05) is 0 Å². The van der Waals surface area contributed by atoms with Crippen LogP contribution in [0.1, 0.15) is 38.5 Å². The summed E-state index contributed by atoms with van der Waals surface area (Å²) < 4.78 is 40.8. The highest BCUT2D eigenvalue weighted by Crippen LogP contribution is 2.35. The quantitative estimate of drug-likeness (QED) is 0.697. The maximum absolute atomic E-state index is 11.9. The van der Waals surface area contributed by atoms with Gasteiger partial charge in [0.1, 0.15) is 0 Å². The number of alkyl halides is 3. The monoisotopic (exact) mass is 269 g/mol. The lowest BCUT2D eigenvalue weighted by Gasteiger charge is -2.29. The smallest absolute Gasteiger partial charge is 0.389 e. The highest BCUT2D eigenvalue weighted by molar-refractivity contribution is 4.95. The molecule has 0 amide bonds. The van der Waals surface area contributed by atoms with E-state index < -0.39 is 18.1 Å². The van der Waals surface area contributed by atoms with Crippen molar-refractivity contribution < 1.29 is 23.0 Å². The van der Waals surface area contributed by atoms with E-state index in [9.17, 15) is 18.3 Å². The first-order valence-electron chi connectivity index (χ1n) is 6.42. The Kier molecular flexibility index (Phi) is 5.88. The van der Waals surface area contributed by atoms with Gasteiger partial charge in [0.15, 0.2) is 0 Å². The summed E-state index contributed by atoms with van der Waals surface area (Å²) >= 11 is 0. The molecule has 1 rings (SSSR count). The van der Waals surface area contributed by atoms with Crippen LogP contribution < -0.4 is 5.73 Å². The Morgan fingerprint density at radius 1 is 1.33 bits per heavy atom. The third kappa shape index (κ3) is 5.12. The molecule has 0 bridgehead atoms. The fourth-order valence-corrected chi connectivity index (χ4v) is 2.51. The van der Waals surface area contributed by atoms with Crippen LogP contribution in [0.4, 0.5) is 13.2 Å². The summed E-state index contributed by atoms with van der Waals surface area (Å²) in [6.45, 7) is 0.510. The Balaban J connectivity index is 2.08. The van der Waals surface area contributed by atoms with Crippen molar-refractivity contribution >= 4 is 0 Å². The van der Waals surface area contributed by atoms with Gasteiger partial charge in [0.25, 0.3) is 0 Å². The topological polar surface area (TPSA) is 55.5 Å². The Morgan fingerprint density at radius 3 is 2.67 bits per heavy atom. The van der Waals surface area contributed by atoms with Gasteiger partial charge in [0.2, 0.25) is 0 Å². The predicted octanol–water partition coefficient (Wildman–Crippen LogP) is 2.23. The molecule has 0 heterocycles. The molecule has 108 valence electrons. The van der Waals surface area contributed by atoms with Gasteiger partial charge in [-0.05, 0) is 31.6 Å². The van der Waals surface area contributed by atoms with Gasteiger partial charge in [0, 0.05) is 25.2 Å². The van der Waals surface area contributed by atoms with Crippen LogP contribution in [0.2, 0.25) is 0 Å². The number of aliphatic hydroxyl groups is 1. The van der Waals surface area contributed by atoms with Gasteiger partial charge in [-0.1, -0.05) is 6.42 Å². The highest BCUT2D eigenvalue weighted by Gasteiger charge is 2.38. The normalized spacial score (nSPS) is 28.8. The SMILES string of the molecule is NC1(CO)CCCC1CCOCCCC(F)(F)F. The lowest BCUT2D eigenvalue weighted by Crippen LogP contribution is -2.47. The molecule has 0 saturated heterocycles. The van der Waals surface area contributed by atoms with Gasteiger partial charge < -0.3 is 15.6 Å². The van der Waals surface area contributed by atoms with E-state index >= 15 is 0 Å². The summed E-state index contributed by atoms with van der Waals surface area (Å²) in [5, 5.41) is 9.24. The van der Waals surface area contributed by atoms with E-state index in [-0.39, 0.29) is 25.6 Å². The minimum absolute atomic E-state index is 0.00192. The molecule has 1 aliphatic carbocycles. The first-order chi connectivity index (χ1) is 8.37. The maximum Gasteiger partial charge on any atom is 0.389 e. The second-order valence-corrected chi connectivity index (χ2v) is 5.10. The van der Waals surface area contributed by atoms with Crippen molar-refractivity contribution in [1.29, 1.82) is 0 Å². The standard InChI is InChI=1S/C12H22F3NO2/c13-12(14,15)6-2-7-18-8-4-10-3-1-5-11(10,16)9-17/h10,17H,1-9,16H2. The zero-order valence-corrected chi connectivity index (χ0v) is 10.5. The van der Waals surface area contributed by atoms with E-state index in [0.717, 1.165) is 19.3 Å². The van der Waals surface area contributed by atoms with Crippen LogP contribution in [-0.4, -0.2) is 36.6 Å². The molecule has 1 saturated carbocycles. The van der Waals surface area contributed by atoms with Gasteiger partial charge in [-0.15, -0.1) is 0 Å². The molecule has 0 aromatic carbocycles. The van der Waals surface area contributed by atoms with Gasteiger partial charge >= 0.3 is 6.18 Å². The van der Waals surface area contributed by atoms with Crippen LogP contribution in [0.3, 0.4) is 0 Å². The largest absolute Gasteiger partial charge is 0.394 e. The van der Waals surface area contributed by atoms with Crippen LogP contribution in [0.15, 0.2) is 0 Å². The molecule has 0 aromatic heterocycles. The van der Waals surface area contributed by atoms with E-state index in [4.69, 9.17) is 10.5 Å². The molecular weight excluding hydrogens is 247 g/mol. The second-order valence-electron chi connectivity index (χ2n) is 5.10. The van der Waals surface area contributed by atoms with E-state index in [2.05, 4.69) is 0 Å². The van der Waals surface area contributed by atoms with Crippen molar-refractivity contribution in [2.45, 2.75) is 50.2 Å². The van der Waals surface area contributed by atoms with E-state index in [1.165, 1.54) is 0 Å². The minimum Gasteiger partial charge on any atom is -0.394 e. The summed E-state index contributed by atoms with van der Waals surface area (Å²) in [4.78, 5) is 0. The number of hydrogen-bond acceptors (Lipinski definition) is 3. The first-order valence-corrected chi connectivity index (χ1v) is 6.42. The molecule has 6 heteroatoms. The Hall–Kier alpha value is -0.330. The Bertz CT molecular complexity index is 248. The van der Waals surface area contributed by atoms with Crippen LogP contribution in [0, 0.1) is 5.92 Å². The number of ether oxygens (including phenoxy) is 1. The molecule has 0 radical (unpaired) electrons. The van der Waals surface area contributed by atoms with Crippen molar-refractivity contribution in [1.82, 2.24) is 0 Å². The number of rotatable bonds is 7. The molecule has 3 N–H and O–H groups in total. The van der Waals surface area contributed by atoms with Crippen molar-refractivity contribution in [3.05, 3.63) is 0 Å². The summed E-state index contributed by atoms with van der Waals surface area (Å²) in [7, 11) is 0. The van der Waals surface area contributed by atoms with Crippen molar-refractivity contribution in [2.75, 3.05) is 19.8 Å². The molecular formula is C12H22F3NO2. The Labute approximate surface area is 105 Å². The van der Waals surface area contributed by atoms with Crippen LogP contribution in [0.25, 0.3) is 0 Å². The fraction of sp³-hybridized carbons (Fsp3) is 1.00. The van der Waals surface area contributed by atoms with Crippen molar-refractivity contribution in [2.24, 2.45) is 11.7 Å². The van der Waals surface area contributed by atoms with Gasteiger partial charge in [-0.2, -0.15) is 13.2 Å². The minimum atomic E-state index is -4.10. The summed E-state index contributed by atoms with van der Waals surface area (Å²) in [6, 6.07) is 0. The first kappa shape index (κ1) is 15.7. The van der Waals surface area contributed by atoms with Crippen LogP contribution in [0.5, 0.6) is 0 Å².